The lowest BCUT2D eigenvalue weighted by atomic mass is 10.2. The predicted molar refractivity (Wildman–Crippen MR) is 90.5 cm³/mol. The molecule has 0 saturated carbocycles. The number of fused-ring (bicyclic) bond motifs is 1. The molecule has 0 saturated heterocycles. The second kappa shape index (κ2) is 6.71. The molecule has 1 heterocycles. The zero-order valence-electron chi connectivity index (χ0n) is 12.7. The van der Waals surface area contributed by atoms with Gasteiger partial charge in [0.1, 0.15) is 11.4 Å². The molecule has 0 fully saturated rings. The fourth-order valence-corrected chi connectivity index (χ4v) is 2.24. The van der Waals surface area contributed by atoms with E-state index in [1.807, 2.05) is 54.6 Å². The van der Waals surface area contributed by atoms with Crippen LogP contribution in [0.5, 0.6) is 5.75 Å². The van der Waals surface area contributed by atoms with E-state index in [1.54, 1.807) is 7.11 Å². The lowest BCUT2D eigenvalue weighted by Crippen LogP contribution is -2.23. The average Bonchev–Trinajstić information content (AvgIpc) is 3.03. The van der Waals surface area contributed by atoms with E-state index in [0.29, 0.717) is 12.2 Å². The van der Waals surface area contributed by atoms with E-state index >= 15 is 0 Å². The Hall–Kier alpha value is -3.19. The number of aromatic nitrogens is 1. The minimum absolute atomic E-state index is 0.162. The van der Waals surface area contributed by atoms with Gasteiger partial charge in [0.15, 0.2) is 0 Å². The van der Waals surface area contributed by atoms with Crippen LogP contribution in [0.25, 0.3) is 10.9 Å². The Labute approximate surface area is 134 Å². The normalized spacial score (nSPS) is 9.96. The van der Waals surface area contributed by atoms with Gasteiger partial charge < -0.3 is 15.0 Å². The summed E-state index contributed by atoms with van der Waals surface area (Å²) in [6.45, 7) is 0.292. The molecule has 0 aliphatic heterocycles. The lowest BCUT2D eigenvalue weighted by molar-refractivity contribution is 0.0954. The fourth-order valence-electron chi connectivity index (χ4n) is 2.24. The molecule has 0 atom stereocenters. The van der Waals surface area contributed by atoms with Crippen LogP contribution in [-0.4, -0.2) is 24.5 Å². The number of H-pyrrole nitrogens is 1. The summed E-state index contributed by atoms with van der Waals surface area (Å²) in [4.78, 5) is 15.2. The molecule has 0 aliphatic carbocycles. The number of carbonyl (C=O) groups excluding carboxylic acids is 1. The van der Waals surface area contributed by atoms with Gasteiger partial charge >= 0.3 is 0 Å². The van der Waals surface area contributed by atoms with E-state index in [0.717, 1.165) is 22.2 Å². The van der Waals surface area contributed by atoms with Crippen molar-refractivity contribution < 1.29 is 9.53 Å². The van der Waals surface area contributed by atoms with E-state index in [9.17, 15) is 4.79 Å². The Bertz CT molecular complexity index is 850. The molecule has 23 heavy (non-hydrogen) atoms. The van der Waals surface area contributed by atoms with Crippen molar-refractivity contribution in [2.45, 2.75) is 0 Å². The molecule has 0 aliphatic rings. The highest BCUT2D eigenvalue weighted by atomic mass is 16.5. The summed E-state index contributed by atoms with van der Waals surface area (Å²) in [6, 6.07) is 17.1. The number of hydrogen-bond acceptors (Lipinski definition) is 2. The monoisotopic (exact) mass is 304 g/mol. The minimum atomic E-state index is -0.162. The summed E-state index contributed by atoms with van der Waals surface area (Å²) < 4.78 is 5.09. The highest BCUT2D eigenvalue weighted by Gasteiger charge is 2.07. The number of nitrogens with one attached hydrogen (secondary N) is 2. The zero-order valence-corrected chi connectivity index (χ0v) is 12.7. The number of benzene rings is 2. The molecule has 4 heteroatoms. The number of aromatic amines is 1. The summed E-state index contributed by atoms with van der Waals surface area (Å²) in [5.74, 6) is 6.57. The summed E-state index contributed by atoms with van der Waals surface area (Å²) in [5.41, 5.74) is 2.37. The number of amides is 1. The first-order chi connectivity index (χ1) is 11.3. The molecule has 1 amide bonds. The fraction of sp³-hybridized carbons (Fsp3) is 0.105. The first-order valence-electron chi connectivity index (χ1n) is 7.25. The SMILES string of the molecule is COc1ccc(C#CCNC(=O)c2cc3ccccc3[nH]2)cc1. The van der Waals surface area contributed by atoms with Gasteiger partial charge in [-0.15, -0.1) is 0 Å². The molecule has 3 aromatic rings. The maximum Gasteiger partial charge on any atom is 0.268 e. The largest absolute Gasteiger partial charge is 0.497 e. The highest BCUT2D eigenvalue weighted by molar-refractivity contribution is 5.98. The number of rotatable bonds is 3. The maximum absolute atomic E-state index is 12.1. The number of carbonyl (C=O) groups is 1. The highest BCUT2D eigenvalue weighted by Crippen LogP contribution is 2.14. The summed E-state index contributed by atoms with van der Waals surface area (Å²) >= 11 is 0. The van der Waals surface area contributed by atoms with Crippen molar-refractivity contribution in [1.82, 2.24) is 10.3 Å². The smallest absolute Gasteiger partial charge is 0.268 e. The van der Waals surface area contributed by atoms with Crippen LogP contribution < -0.4 is 10.1 Å². The molecular formula is C19H16N2O2. The third kappa shape index (κ3) is 3.53. The second-order valence-corrected chi connectivity index (χ2v) is 4.98. The third-order valence-electron chi connectivity index (χ3n) is 3.43. The standard InChI is InChI=1S/C19H16N2O2/c1-23-16-10-8-14(9-11-16)5-4-12-20-19(22)18-13-15-6-2-3-7-17(15)21-18/h2-3,6-11,13,21H,12H2,1H3,(H,20,22). The van der Waals surface area contributed by atoms with Gasteiger partial charge in [-0.25, -0.2) is 0 Å². The summed E-state index contributed by atoms with van der Waals surface area (Å²) in [7, 11) is 1.63. The Balaban J connectivity index is 1.59. The van der Waals surface area contributed by atoms with Crippen molar-refractivity contribution in [3.05, 3.63) is 65.9 Å². The van der Waals surface area contributed by atoms with Gasteiger partial charge in [-0.3, -0.25) is 4.79 Å². The molecule has 0 bridgehead atoms. The Morgan fingerprint density at radius 3 is 2.70 bits per heavy atom. The van der Waals surface area contributed by atoms with E-state index in [-0.39, 0.29) is 5.91 Å². The van der Waals surface area contributed by atoms with Crippen LogP contribution in [0.3, 0.4) is 0 Å². The van der Waals surface area contributed by atoms with Gasteiger partial charge in [-0.05, 0) is 36.4 Å². The number of para-hydroxylation sites is 1. The van der Waals surface area contributed by atoms with Crippen molar-refractivity contribution >= 4 is 16.8 Å². The van der Waals surface area contributed by atoms with Crippen molar-refractivity contribution in [2.24, 2.45) is 0 Å². The van der Waals surface area contributed by atoms with Crippen LogP contribution in [0.15, 0.2) is 54.6 Å². The van der Waals surface area contributed by atoms with Crippen LogP contribution in [0.2, 0.25) is 0 Å². The van der Waals surface area contributed by atoms with Gasteiger partial charge in [0.25, 0.3) is 5.91 Å². The molecule has 114 valence electrons. The first-order valence-corrected chi connectivity index (χ1v) is 7.25. The van der Waals surface area contributed by atoms with Gasteiger partial charge in [0.05, 0.1) is 13.7 Å². The molecule has 0 spiro atoms. The van der Waals surface area contributed by atoms with Gasteiger partial charge in [0, 0.05) is 16.5 Å². The third-order valence-corrected chi connectivity index (χ3v) is 3.43. The molecule has 4 nitrogen and oxygen atoms in total. The van der Waals surface area contributed by atoms with Crippen LogP contribution in [0.4, 0.5) is 0 Å². The van der Waals surface area contributed by atoms with E-state index in [2.05, 4.69) is 22.1 Å². The lowest BCUT2D eigenvalue weighted by Gasteiger charge is -1.98. The molecule has 3 rings (SSSR count). The molecule has 2 aromatic carbocycles. The topological polar surface area (TPSA) is 54.1 Å². The molecule has 0 radical (unpaired) electrons. The van der Waals surface area contributed by atoms with Crippen molar-refractivity contribution in [2.75, 3.05) is 13.7 Å². The van der Waals surface area contributed by atoms with Crippen LogP contribution in [-0.2, 0) is 0 Å². The molecule has 1 aromatic heterocycles. The second-order valence-electron chi connectivity index (χ2n) is 4.98. The molecule has 2 N–H and O–H groups in total. The van der Waals surface area contributed by atoms with Crippen molar-refractivity contribution in [3.8, 4) is 17.6 Å². The number of hydrogen-bond donors (Lipinski definition) is 2. The van der Waals surface area contributed by atoms with Gasteiger partial charge in [0.2, 0.25) is 0 Å². The average molecular weight is 304 g/mol. The Morgan fingerprint density at radius 1 is 1.17 bits per heavy atom. The maximum atomic E-state index is 12.1. The van der Waals surface area contributed by atoms with E-state index < -0.39 is 0 Å². The van der Waals surface area contributed by atoms with Gasteiger partial charge in [-0.2, -0.15) is 0 Å². The van der Waals surface area contributed by atoms with Gasteiger partial charge in [-0.1, -0.05) is 30.0 Å². The Morgan fingerprint density at radius 2 is 1.96 bits per heavy atom. The Kier molecular flexibility index (Phi) is 4.30. The first kappa shape index (κ1) is 14.7. The quantitative estimate of drug-likeness (QED) is 0.731. The van der Waals surface area contributed by atoms with E-state index in [4.69, 9.17) is 4.74 Å². The van der Waals surface area contributed by atoms with Crippen LogP contribution in [0, 0.1) is 11.8 Å². The van der Waals surface area contributed by atoms with Crippen molar-refractivity contribution in [3.63, 3.8) is 0 Å². The van der Waals surface area contributed by atoms with Crippen LogP contribution in [0.1, 0.15) is 16.1 Å². The minimum Gasteiger partial charge on any atom is -0.497 e. The van der Waals surface area contributed by atoms with E-state index in [1.165, 1.54) is 0 Å². The predicted octanol–water partition coefficient (Wildman–Crippen LogP) is 2.96. The number of methoxy groups -OCH3 is 1. The van der Waals surface area contributed by atoms with Crippen molar-refractivity contribution in [1.29, 1.82) is 0 Å². The summed E-state index contributed by atoms with van der Waals surface area (Å²) in [6.07, 6.45) is 0. The molecular weight excluding hydrogens is 288 g/mol. The van der Waals surface area contributed by atoms with Crippen LogP contribution >= 0.6 is 0 Å². The summed E-state index contributed by atoms with van der Waals surface area (Å²) in [5, 5.41) is 3.80. The number of ether oxygens (including phenoxy) is 1. The molecule has 0 unspecified atom stereocenters. The zero-order chi connectivity index (χ0) is 16.1.